The first-order valence-corrected chi connectivity index (χ1v) is 10.1. The molecule has 2 aromatic heterocycles. The number of pyridine rings is 1. The van der Waals surface area contributed by atoms with Crippen molar-refractivity contribution in [2.75, 3.05) is 0 Å². The van der Waals surface area contributed by atoms with E-state index in [2.05, 4.69) is 15.2 Å². The number of nitrogens with zero attached hydrogens (tertiary/aromatic N) is 3. The van der Waals surface area contributed by atoms with Crippen LogP contribution in [0, 0.1) is 11.3 Å². The van der Waals surface area contributed by atoms with Crippen molar-refractivity contribution in [1.29, 1.82) is 5.26 Å². The van der Waals surface area contributed by atoms with Crippen molar-refractivity contribution in [2.45, 2.75) is 6.61 Å². The summed E-state index contributed by atoms with van der Waals surface area (Å²) in [7, 11) is 0. The molecule has 0 atom stereocenters. The Morgan fingerprint density at radius 2 is 1.77 bits per heavy atom. The Kier molecular flexibility index (Phi) is 6.28. The van der Waals surface area contributed by atoms with E-state index in [1.165, 1.54) is 0 Å². The largest absolute Gasteiger partial charge is 0.487 e. The van der Waals surface area contributed by atoms with Crippen molar-refractivity contribution >= 4 is 34.8 Å². The summed E-state index contributed by atoms with van der Waals surface area (Å²) in [6, 6.07) is 15.4. The molecule has 31 heavy (non-hydrogen) atoms. The van der Waals surface area contributed by atoms with Crippen molar-refractivity contribution in [3.63, 3.8) is 0 Å². The van der Waals surface area contributed by atoms with E-state index in [0.717, 1.165) is 5.56 Å². The molecule has 0 aliphatic carbocycles. The zero-order chi connectivity index (χ0) is 21.8. The number of rotatable bonds is 6. The molecule has 2 heterocycles. The lowest BCUT2D eigenvalue weighted by atomic mass is 10.2. The number of hydrogen-bond acceptors (Lipinski definition) is 5. The summed E-state index contributed by atoms with van der Waals surface area (Å²) >= 11 is 18.7. The molecule has 4 rings (SSSR count). The van der Waals surface area contributed by atoms with Gasteiger partial charge in [-0.3, -0.25) is 10.1 Å². The zero-order valence-corrected chi connectivity index (χ0v) is 18.0. The summed E-state index contributed by atoms with van der Waals surface area (Å²) in [5.41, 5.74) is 2.48. The fourth-order valence-electron chi connectivity index (χ4n) is 2.78. The van der Waals surface area contributed by atoms with Crippen molar-refractivity contribution in [3.8, 4) is 34.6 Å². The van der Waals surface area contributed by atoms with Gasteiger partial charge in [-0.15, -0.1) is 0 Å². The van der Waals surface area contributed by atoms with Crippen LogP contribution in [-0.4, -0.2) is 15.2 Å². The van der Waals surface area contributed by atoms with Crippen LogP contribution in [0.5, 0.6) is 17.2 Å². The summed E-state index contributed by atoms with van der Waals surface area (Å²) in [6.45, 7) is 0.160. The standard InChI is InChI=1S/C22H13Cl3N4O2/c23-15-7-13(11-26)8-17(9-15)31-20-10-16(1-2-18(20)24)30-12-19-21(25)22(29-28-19)14-3-5-27-6-4-14/h1-10H,12H2,(H,28,29). The highest BCUT2D eigenvalue weighted by atomic mass is 35.5. The maximum absolute atomic E-state index is 9.09. The fraction of sp³-hybridized carbons (Fsp3) is 0.0455. The highest BCUT2D eigenvalue weighted by Crippen LogP contribution is 2.35. The number of aromatic nitrogens is 3. The highest BCUT2D eigenvalue weighted by molar-refractivity contribution is 6.33. The van der Waals surface area contributed by atoms with Gasteiger partial charge in [0.15, 0.2) is 0 Å². The van der Waals surface area contributed by atoms with Crippen LogP contribution in [0.2, 0.25) is 15.1 Å². The van der Waals surface area contributed by atoms with Gasteiger partial charge >= 0.3 is 0 Å². The van der Waals surface area contributed by atoms with E-state index >= 15 is 0 Å². The molecule has 0 fully saturated rings. The smallest absolute Gasteiger partial charge is 0.149 e. The molecule has 4 aromatic rings. The van der Waals surface area contributed by atoms with E-state index in [1.807, 2.05) is 18.2 Å². The van der Waals surface area contributed by atoms with E-state index in [0.29, 0.717) is 49.3 Å². The van der Waals surface area contributed by atoms with E-state index < -0.39 is 0 Å². The molecule has 0 saturated carbocycles. The lowest BCUT2D eigenvalue weighted by Gasteiger charge is -2.11. The average Bonchev–Trinajstić information content (AvgIpc) is 3.14. The Morgan fingerprint density at radius 1 is 0.968 bits per heavy atom. The zero-order valence-electron chi connectivity index (χ0n) is 15.8. The van der Waals surface area contributed by atoms with Gasteiger partial charge in [-0.1, -0.05) is 34.8 Å². The summed E-state index contributed by atoms with van der Waals surface area (Å²) < 4.78 is 11.7. The minimum Gasteiger partial charge on any atom is -0.487 e. The Hall–Kier alpha value is -3.24. The van der Waals surface area contributed by atoms with Crippen LogP contribution in [0.4, 0.5) is 0 Å². The number of H-pyrrole nitrogens is 1. The molecule has 0 unspecified atom stereocenters. The molecule has 9 heteroatoms. The molecule has 0 amide bonds. The summed E-state index contributed by atoms with van der Waals surface area (Å²) in [4.78, 5) is 3.99. The second kappa shape index (κ2) is 9.27. The minimum absolute atomic E-state index is 0.160. The fourth-order valence-corrected chi connectivity index (χ4v) is 3.41. The van der Waals surface area contributed by atoms with Gasteiger partial charge in [-0.25, -0.2) is 0 Å². The number of benzene rings is 2. The number of nitriles is 1. The lowest BCUT2D eigenvalue weighted by Crippen LogP contribution is -1.97. The summed E-state index contributed by atoms with van der Waals surface area (Å²) in [5.74, 6) is 1.26. The van der Waals surface area contributed by atoms with Crippen LogP contribution in [0.3, 0.4) is 0 Å². The van der Waals surface area contributed by atoms with Gasteiger partial charge in [-0.05, 0) is 42.5 Å². The number of aromatic amines is 1. The Bertz CT molecular complexity index is 1270. The lowest BCUT2D eigenvalue weighted by molar-refractivity contribution is 0.300. The maximum atomic E-state index is 9.09. The molecular formula is C22H13Cl3N4O2. The summed E-state index contributed by atoms with van der Waals surface area (Å²) in [5, 5.41) is 17.5. The number of halogens is 3. The van der Waals surface area contributed by atoms with Gasteiger partial charge in [0.25, 0.3) is 0 Å². The predicted molar refractivity (Wildman–Crippen MR) is 119 cm³/mol. The van der Waals surface area contributed by atoms with Crippen LogP contribution in [0.15, 0.2) is 60.9 Å². The quantitative estimate of drug-likeness (QED) is 0.339. The Morgan fingerprint density at radius 3 is 2.55 bits per heavy atom. The summed E-state index contributed by atoms with van der Waals surface area (Å²) in [6.07, 6.45) is 3.34. The molecule has 0 aliphatic rings. The second-order valence-corrected chi connectivity index (χ2v) is 7.59. The second-order valence-electron chi connectivity index (χ2n) is 6.37. The average molecular weight is 472 g/mol. The van der Waals surface area contributed by atoms with Crippen LogP contribution in [0.1, 0.15) is 11.3 Å². The van der Waals surface area contributed by atoms with E-state index in [-0.39, 0.29) is 6.61 Å². The van der Waals surface area contributed by atoms with Crippen LogP contribution >= 0.6 is 34.8 Å². The van der Waals surface area contributed by atoms with Gasteiger partial charge in [0.1, 0.15) is 29.5 Å². The topological polar surface area (TPSA) is 83.8 Å². The maximum Gasteiger partial charge on any atom is 0.149 e. The van der Waals surface area contributed by atoms with Crippen LogP contribution < -0.4 is 9.47 Å². The molecule has 0 spiro atoms. The third-order valence-electron chi connectivity index (χ3n) is 4.24. The Balaban J connectivity index is 1.50. The molecule has 1 N–H and O–H groups in total. The molecule has 0 radical (unpaired) electrons. The van der Waals surface area contributed by atoms with E-state index in [4.69, 9.17) is 49.5 Å². The minimum atomic E-state index is 0.160. The number of nitrogens with one attached hydrogen (secondary N) is 1. The highest BCUT2D eigenvalue weighted by Gasteiger charge is 2.14. The van der Waals surface area contributed by atoms with Crippen molar-refractivity contribution < 1.29 is 9.47 Å². The van der Waals surface area contributed by atoms with Crippen LogP contribution in [0.25, 0.3) is 11.3 Å². The Labute approximate surface area is 192 Å². The third kappa shape index (κ3) is 4.92. The van der Waals surface area contributed by atoms with Gasteiger partial charge in [-0.2, -0.15) is 10.4 Å². The van der Waals surface area contributed by atoms with E-state index in [1.54, 1.807) is 48.8 Å². The van der Waals surface area contributed by atoms with Crippen molar-refractivity contribution in [1.82, 2.24) is 15.2 Å². The van der Waals surface area contributed by atoms with Crippen molar-refractivity contribution in [3.05, 3.63) is 87.2 Å². The first-order chi connectivity index (χ1) is 15.0. The number of ether oxygens (including phenoxy) is 2. The monoisotopic (exact) mass is 470 g/mol. The first-order valence-electron chi connectivity index (χ1n) is 8.97. The van der Waals surface area contributed by atoms with Gasteiger partial charge in [0.05, 0.1) is 27.4 Å². The van der Waals surface area contributed by atoms with Gasteiger partial charge < -0.3 is 9.47 Å². The van der Waals surface area contributed by atoms with Crippen LogP contribution in [-0.2, 0) is 6.61 Å². The molecule has 0 saturated heterocycles. The molecule has 0 aliphatic heterocycles. The first kappa shape index (κ1) is 21.0. The molecular weight excluding hydrogens is 459 g/mol. The van der Waals surface area contributed by atoms with E-state index in [9.17, 15) is 0 Å². The van der Waals surface area contributed by atoms with Crippen molar-refractivity contribution in [2.24, 2.45) is 0 Å². The van der Waals surface area contributed by atoms with Gasteiger partial charge in [0, 0.05) is 29.0 Å². The molecule has 154 valence electrons. The third-order valence-corrected chi connectivity index (χ3v) is 5.18. The predicted octanol–water partition coefficient (Wildman–Crippen LogP) is 6.67. The normalized spacial score (nSPS) is 10.5. The van der Waals surface area contributed by atoms with Gasteiger partial charge in [0.2, 0.25) is 0 Å². The molecule has 0 bridgehead atoms. The molecule has 6 nitrogen and oxygen atoms in total. The SMILES string of the molecule is N#Cc1cc(Cl)cc(Oc2cc(OCc3[nH]nc(-c4ccncc4)c3Cl)ccc2Cl)c1. The number of hydrogen-bond donors (Lipinski definition) is 1. The molecule has 2 aromatic carbocycles.